The van der Waals surface area contributed by atoms with E-state index in [1.54, 1.807) is 0 Å². The topological polar surface area (TPSA) is 68.9 Å². The summed E-state index contributed by atoms with van der Waals surface area (Å²) in [6.45, 7) is 6.20. The first-order valence-corrected chi connectivity index (χ1v) is 5.88. The number of pyridine rings is 1. The molecule has 2 N–H and O–H groups in total. The molecule has 0 aliphatic carbocycles. The van der Waals surface area contributed by atoms with Crippen LogP contribution in [0.4, 0.5) is 5.82 Å². The van der Waals surface area contributed by atoms with Gasteiger partial charge in [0.1, 0.15) is 17.6 Å². The van der Waals surface area contributed by atoms with Crippen LogP contribution >= 0.6 is 0 Å². The zero-order valence-electron chi connectivity index (χ0n) is 10.6. The van der Waals surface area contributed by atoms with Crippen molar-refractivity contribution in [1.82, 2.24) is 4.98 Å². The lowest BCUT2D eigenvalue weighted by molar-refractivity contribution is 0.0456. The molecule has 0 saturated heterocycles. The SMILES string of the molecule is CCC(O)(CC)CNc1ccc(C)c(C#N)n1. The van der Waals surface area contributed by atoms with E-state index in [0.717, 1.165) is 5.56 Å². The number of aromatic nitrogens is 1. The standard InChI is InChI=1S/C13H19N3O/c1-4-13(17,5-2)9-15-12-7-6-10(3)11(8-14)16-12/h6-7,17H,4-5,9H2,1-3H3,(H,15,16). The largest absolute Gasteiger partial charge is 0.388 e. The highest BCUT2D eigenvalue weighted by molar-refractivity contribution is 5.42. The minimum absolute atomic E-state index is 0.423. The molecule has 0 aliphatic rings. The van der Waals surface area contributed by atoms with Crippen LogP contribution in [0.15, 0.2) is 12.1 Å². The van der Waals surface area contributed by atoms with Gasteiger partial charge in [0.05, 0.1) is 5.60 Å². The zero-order valence-corrected chi connectivity index (χ0v) is 10.6. The molecule has 17 heavy (non-hydrogen) atoms. The van der Waals surface area contributed by atoms with Gasteiger partial charge in [-0.15, -0.1) is 0 Å². The molecule has 1 rings (SSSR count). The molecular weight excluding hydrogens is 214 g/mol. The first-order chi connectivity index (χ1) is 8.04. The van der Waals surface area contributed by atoms with E-state index in [-0.39, 0.29) is 0 Å². The Hall–Kier alpha value is -1.60. The smallest absolute Gasteiger partial charge is 0.145 e. The Morgan fingerprint density at radius 2 is 2.06 bits per heavy atom. The molecule has 0 aromatic carbocycles. The van der Waals surface area contributed by atoms with Gasteiger partial charge in [-0.2, -0.15) is 5.26 Å². The molecule has 1 aromatic heterocycles. The number of nitrogens with one attached hydrogen (secondary N) is 1. The fourth-order valence-electron chi connectivity index (χ4n) is 1.50. The van der Waals surface area contributed by atoms with Crippen LogP contribution in [0, 0.1) is 18.3 Å². The van der Waals surface area contributed by atoms with Crippen LogP contribution in [0.1, 0.15) is 37.9 Å². The molecule has 0 atom stereocenters. The predicted octanol–water partition coefficient (Wildman–Crippen LogP) is 2.22. The molecule has 1 aromatic rings. The highest BCUT2D eigenvalue weighted by atomic mass is 16.3. The van der Waals surface area contributed by atoms with Crippen LogP contribution in [0.25, 0.3) is 0 Å². The van der Waals surface area contributed by atoms with E-state index in [4.69, 9.17) is 5.26 Å². The van der Waals surface area contributed by atoms with Gasteiger partial charge < -0.3 is 10.4 Å². The van der Waals surface area contributed by atoms with Crippen LogP contribution in [-0.4, -0.2) is 22.2 Å². The summed E-state index contributed by atoms with van der Waals surface area (Å²) in [5.41, 5.74) is 0.574. The Morgan fingerprint density at radius 1 is 1.41 bits per heavy atom. The van der Waals surface area contributed by atoms with E-state index in [2.05, 4.69) is 10.3 Å². The summed E-state index contributed by atoms with van der Waals surface area (Å²) in [6.07, 6.45) is 1.38. The zero-order chi connectivity index (χ0) is 12.9. The van der Waals surface area contributed by atoms with Gasteiger partial charge in [0.25, 0.3) is 0 Å². The number of anilines is 1. The van der Waals surface area contributed by atoms with E-state index in [1.165, 1.54) is 0 Å². The van der Waals surface area contributed by atoms with Crippen molar-refractivity contribution in [1.29, 1.82) is 5.26 Å². The molecular formula is C13H19N3O. The molecule has 0 unspecified atom stereocenters. The second-order valence-corrected chi connectivity index (χ2v) is 4.26. The van der Waals surface area contributed by atoms with Crippen LogP contribution in [0.5, 0.6) is 0 Å². The number of rotatable bonds is 5. The number of aryl methyl sites for hydroxylation is 1. The second-order valence-electron chi connectivity index (χ2n) is 4.26. The van der Waals surface area contributed by atoms with Crippen LogP contribution in [-0.2, 0) is 0 Å². The van der Waals surface area contributed by atoms with Crippen molar-refractivity contribution in [2.75, 3.05) is 11.9 Å². The van der Waals surface area contributed by atoms with E-state index in [9.17, 15) is 5.11 Å². The van der Waals surface area contributed by atoms with E-state index in [1.807, 2.05) is 39.0 Å². The van der Waals surface area contributed by atoms with Gasteiger partial charge in [-0.1, -0.05) is 19.9 Å². The molecule has 92 valence electrons. The summed E-state index contributed by atoms with van der Waals surface area (Å²) in [5, 5.41) is 22.1. The van der Waals surface area contributed by atoms with E-state index < -0.39 is 5.60 Å². The summed E-state index contributed by atoms with van der Waals surface area (Å²) < 4.78 is 0. The molecule has 4 heteroatoms. The van der Waals surface area contributed by atoms with Gasteiger partial charge in [-0.25, -0.2) is 4.98 Å². The predicted molar refractivity (Wildman–Crippen MR) is 67.7 cm³/mol. The Morgan fingerprint density at radius 3 is 2.59 bits per heavy atom. The average molecular weight is 233 g/mol. The summed E-state index contributed by atoms with van der Waals surface area (Å²) in [6, 6.07) is 5.72. The normalized spacial score (nSPS) is 11.0. The molecule has 0 radical (unpaired) electrons. The van der Waals surface area contributed by atoms with E-state index >= 15 is 0 Å². The first-order valence-electron chi connectivity index (χ1n) is 5.88. The van der Waals surface area contributed by atoms with Crippen LogP contribution in [0.3, 0.4) is 0 Å². The lowest BCUT2D eigenvalue weighted by Crippen LogP contribution is -2.35. The van der Waals surface area contributed by atoms with Crippen molar-refractivity contribution in [3.8, 4) is 6.07 Å². The first kappa shape index (κ1) is 13.5. The van der Waals surface area contributed by atoms with Crippen molar-refractivity contribution in [3.05, 3.63) is 23.4 Å². The number of aliphatic hydroxyl groups is 1. The maximum Gasteiger partial charge on any atom is 0.145 e. The Kier molecular flexibility index (Phi) is 4.47. The Labute approximate surface area is 102 Å². The Bertz CT molecular complexity index is 419. The summed E-state index contributed by atoms with van der Waals surface area (Å²) in [7, 11) is 0. The minimum Gasteiger partial charge on any atom is -0.388 e. The van der Waals surface area contributed by atoms with Gasteiger partial charge in [0, 0.05) is 6.54 Å². The Balaban J connectivity index is 2.74. The molecule has 0 spiro atoms. The van der Waals surface area contributed by atoms with Crippen molar-refractivity contribution in [2.45, 2.75) is 39.2 Å². The molecule has 0 saturated carbocycles. The fourth-order valence-corrected chi connectivity index (χ4v) is 1.50. The van der Waals surface area contributed by atoms with Crippen LogP contribution in [0.2, 0.25) is 0 Å². The third kappa shape index (κ3) is 3.43. The van der Waals surface area contributed by atoms with Crippen molar-refractivity contribution in [2.24, 2.45) is 0 Å². The van der Waals surface area contributed by atoms with Gasteiger partial charge in [-0.3, -0.25) is 0 Å². The van der Waals surface area contributed by atoms with Crippen molar-refractivity contribution in [3.63, 3.8) is 0 Å². The van der Waals surface area contributed by atoms with Crippen molar-refractivity contribution < 1.29 is 5.11 Å². The maximum atomic E-state index is 10.1. The number of hydrogen-bond donors (Lipinski definition) is 2. The minimum atomic E-state index is -0.709. The summed E-state index contributed by atoms with van der Waals surface area (Å²) in [5.74, 6) is 0.632. The monoisotopic (exact) mass is 233 g/mol. The average Bonchev–Trinajstić information content (AvgIpc) is 2.37. The third-order valence-corrected chi connectivity index (χ3v) is 3.12. The second kappa shape index (κ2) is 5.65. The van der Waals surface area contributed by atoms with Gasteiger partial charge in [0.15, 0.2) is 0 Å². The lowest BCUT2D eigenvalue weighted by atomic mass is 9.98. The molecule has 4 nitrogen and oxygen atoms in total. The molecule has 0 aliphatic heterocycles. The van der Waals surface area contributed by atoms with Crippen molar-refractivity contribution >= 4 is 5.82 Å². The van der Waals surface area contributed by atoms with Gasteiger partial charge in [0.2, 0.25) is 0 Å². The molecule has 0 fully saturated rings. The molecule has 1 heterocycles. The lowest BCUT2D eigenvalue weighted by Gasteiger charge is -2.25. The third-order valence-electron chi connectivity index (χ3n) is 3.12. The highest BCUT2D eigenvalue weighted by Crippen LogP contribution is 2.16. The number of nitrogens with zero attached hydrogens (tertiary/aromatic N) is 2. The number of hydrogen-bond acceptors (Lipinski definition) is 4. The summed E-state index contributed by atoms with van der Waals surface area (Å²) in [4.78, 5) is 4.18. The summed E-state index contributed by atoms with van der Waals surface area (Å²) >= 11 is 0. The maximum absolute atomic E-state index is 10.1. The number of nitriles is 1. The fraction of sp³-hybridized carbons (Fsp3) is 0.538. The molecule has 0 amide bonds. The van der Waals surface area contributed by atoms with Gasteiger partial charge >= 0.3 is 0 Å². The van der Waals surface area contributed by atoms with Gasteiger partial charge in [-0.05, 0) is 31.4 Å². The van der Waals surface area contributed by atoms with Crippen LogP contribution < -0.4 is 5.32 Å². The van der Waals surface area contributed by atoms with E-state index in [0.29, 0.717) is 30.9 Å². The molecule has 0 bridgehead atoms. The highest BCUT2D eigenvalue weighted by Gasteiger charge is 2.21. The quantitative estimate of drug-likeness (QED) is 0.818.